The Morgan fingerprint density at radius 3 is 2.67 bits per heavy atom. The number of methoxy groups -OCH3 is 1. The SMILES string of the molecule is COc1ccc2c(c1)C=C(Br)C21CCC(=O)CC1. The van der Waals surface area contributed by atoms with Gasteiger partial charge in [0.05, 0.1) is 7.11 Å². The van der Waals surface area contributed by atoms with Crippen LogP contribution in [0.4, 0.5) is 0 Å². The van der Waals surface area contributed by atoms with Crippen LogP contribution in [0.3, 0.4) is 0 Å². The van der Waals surface area contributed by atoms with Gasteiger partial charge in [-0.15, -0.1) is 0 Å². The molecule has 0 aromatic heterocycles. The summed E-state index contributed by atoms with van der Waals surface area (Å²) in [7, 11) is 1.69. The van der Waals surface area contributed by atoms with Crippen LogP contribution in [0.5, 0.6) is 5.75 Å². The zero-order chi connectivity index (χ0) is 12.8. The first-order chi connectivity index (χ1) is 8.65. The van der Waals surface area contributed by atoms with Crippen LogP contribution in [-0.4, -0.2) is 12.9 Å². The first-order valence-electron chi connectivity index (χ1n) is 6.24. The monoisotopic (exact) mass is 306 g/mol. The summed E-state index contributed by atoms with van der Waals surface area (Å²) in [6, 6.07) is 6.23. The van der Waals surface area contributed by atoms with Gasteiger partial charge in [-0.05, 0) is 42.2 Å². The van der Waals surface area contributed by atoms with E-state index in [1.807, 2.05) is 6.07 Å². The van der Waals surface area contributed by atoms with Gasteiger partial charge >= 0.3 is 0 Å². The number of ketones is 1. The Morgan fingerprint density at radius 2 is 2.00 bits per heavy atom. The largest absolute Gasteiger partial charge is 0.497 e. The minimum atomic E-state index is 0.0372. The number of fused-ring (bicyclic) bond motifs is 2. The van der Waals surface area contributed by atoms with Crippen LogP contribution < -0.4 is 4.74 Å². The standard InChI is InChI=1S/C15H15BrO2/c1-18-12-2-3-13-10(8-12)9-14(16)15(13)6-4-11(17)5-7-15/h2-3,8-9H,4-7H2,1H3. The second-order valence-electron chi connectivity index (χ2n) is 5.07. The summed E-state index contributed by atoms with van der Waals surface area (Å²) in [6.07, 6.45) is 5.39. The molecule has 0 radical (unpaired) electrons. The fourth-order valence-corrected chi connectivity index (χ4v) is 3.95. The molecule has 18 heavy (non-hydrogen) atoms. The second-order valence-corrected chi connectivity index (χ2v) is 5.92. The summed E-state index contributed by atoms with van der Waals surface area (Å²) < 4.78 is 6.48. The number of Topliss-reactive ketones (excluding diaryl/α,β-unsaturated/α-hetero) is 1. The molecule has 3 heteroatoms. The van der Waals surface area contributed by atoms with Crippen molar-refractivity contribution in [3.05, 3.63) is 33.8 Å². The molecule has 3 rings (SSSR count). The van der Waals surface area contributed by atoms with Crippen molar-refractivity contribution in [3.8, 4) is 5.75 Å². The molecule has 1 aromatic carbocycles. The third kappa shape index (κ3) is 1.64. The van der Waals surface area contributed by atoms with Crippen LogP contribution in [0.2, 0.25) is 0 Å². The van der Waals surface area contributed by atoms with Gasteiger partial charge in [0, 0.05) is 22.7 Å². The Labute approximate surface area is 115 Å². The first kappa shape index (κ1) is 12.0. The van der Waals surface area contributed by atoms with Crippen LogP contribution in [0.1, 0.15) is 36.8 Å². The fraction of sp³-hybridized carbons (Fsp3) is 0.400. The lowest BCUT2D eigenvalue weighted by Crippen LogP contribution is -2.30. The summed E-state index contributed by atoms with van der Waals surface area (Å²) >= 11 is 3.71. The molecule has 2 aliphatic rings. The Hall–Kier alpha value is -1.09. The summed E-state index contributed by atoms with van der Waals surface area (Å²) in [5.41, 5.74) is 2.59. The Bertz CT molecular complexity index is 535. The molecule has 1 aromatic rings. The molecule has 0 heterocycles. The maximum absolute atomic E-state index is 11.5. The Balaban J connectivity index is 2.05. The lowest BCUT2D eigenvalue weighted by molar-refractivity contribution is -0.121. The molecule has 0 unspecified atom stereocenters. The average Bonchev–Trinajstić information content (AvgIpc) is 2.65. The van der Waals surface area contributed by atoms with Crippen molar-refractivity contribution < 1.29 is 9.53 Å². The highest BCUT2D eigenvalue weighted by atomic mass is 79.9. The molecule has 0 saturated heterocycles. The number of carbonyl (C=O) groups is 1. The van der Waals surface area contributed by atoms with Gasteiger partial charge in [0.15, 0.2) is 0 Å². The zero-order valence-corrected chi connectivity index (χ0v) is 11.9. The molecular formula is C15H15BrO2. The molecule has 0 aliphatic heterocycles. The van der Waals surface area contributed by atoms with Gasteiger partial charge in [0.25, 0.3) is 0 Å². The van der Waals surface area contributed by atoms with E-state index in [0.29, 0.717) is 18.6 Å². The zero-order valence-electron chi connectivity index (χ0n) is 10.3. The van der Waals surface area contributed by atoms with Crippen molar-refractivity contribution in [1.82, 2.24) is 0 Å². The van der Waals surface area contributed by atoms with Crippen molar-refractivity contribution in [1.29, 1.82) is 0 Å². The van der Waals surface area contributed by atoms with Gasteiger partial charge < -0.3 is 4.74 Å². The Kier molecular flexibility index (Phi) is 2.81. The predicted molar refractivity (Wildman–Crippen MR) is 75.1 cm³/mol. The predicted octanol–water partition coefficient (Wildman–Crippen LogP) is 3.83. The van der Waals surface area contributed by atoms with Crippen LogP contribution in [0.25, 0.3) is 6.08 Å². The summed E-state index contributed by atoms with van der Waals surface area (Å²) in [4.78, 5) is 11.5. The third-order valence-corrected chi connectivity index (χ3v) is 5.16. The molecular weight excluding hydrogens is 292 g/mol. The number of allylic oxidation sites excluding steroid dienone is 1. The molecule has 1 fully saturated rings. The quantitative estimate of drug-likeness (QED) is 0.788. The number of benzene rings is 1. The van der Waals surface area contributed by atoms with Crippen molar-refractivity contribution >= 4 is 27.8 Å². The van der Waals surface area contributed by atoms with E-state index in [1.165, 1.54) is 15.6 Å². The summed E-state index contributed by atoms with van der Waals surface area (Å²) in [5.74, 6) is 1.28. The smallest absolute Gasteiger partial charge is 0.133 e. The Morgan fingerprint density at radius 1 is 1.28 bits per heavy atom. The number of halogens is 1. The van der Waals surface area contributed by atoms with Gasteiger partial charge in [-0.25, -0.2) is 0 Å². The highest BCUT2D eigenvalue weighted by Gasteiger charge is 2.43. The van der Waals surface area contributed by atoms with E-state index in [9.17, 15) is 4.79 Å². The van der Waals surface area contributed by atoms with Gasteiger partial charge in [-0.1, -0.05) is 22.0 Å². The van der Waals surface area contributed by atoms with Crippen LogP contribution in [0.15, 0.2) is 22.7 Å². The molecule has 2 nitrogen and oxygen atoms in total. The van der Waals surface area contributed by atoms with Gasteiger partial charge in [0.2, 0.25) is 0 Å². The molecule has 0 N–H and O–H groups in total. The van der Waals surface area contributed by atoms with E-state index in [-0.39, 0.29) is 5.41 Å². The molecule has 1 spiro atoms. The van der Waals surface area contributed by atoms with E-state index in [2.05, 4.69) is 34.1 Å². The molecule has 0 atom stereocenters. The van der Waals surface area contributed by atoms with Crippen LogP contribution >= 0.6 is 15.9 Å². The number of ether oxygens (including phenoxy) is 1. The topological polar surface area (TPSA) is 26.3 Å². The molecule has 0 amide bonds. The molecule has 2 aliphatic carbocycles. The van der Waals surface area contributed by atoms with Crippen LogP contribution in [-0.2, 0) is 10.2 Å². The maximum Gasteiger partial charge on any atom is 0.133 e. The average molecular weight is 307 g/mol. The molecule has 0 bridgehead atoms. The lowest BCUT2D eigenvalue weighted by Gasteiger charge is -2.35. The fourth-order valence-electron chi connectivity index (χ4n) is 3.09. The van der Waals surface area contributed by atoms with Gasteiger partial charge in [-0.2, -0.15) is 0 Å². The number of hydrogen-bond donors (Lipinski definition) is 0. The van der Waals surface area contributed by atoms with Crippen LogP contribution in [0, 0.1) is 0 Å². The van der Waals surface area contributed by atoms with Gasteiger partial charge in [0.1, 0.15) is 11.5 Å². The van der Waals surface area contributed by atoms with E-state index in [0.717, 1.165) is 18.6 Å². The highest BCUT2D eigenvalue weighted by molar-refractivity contribution is 9.11. The van der Waals surface area contributed by atoms with E-state index in [1.54, 1.807) is 7.11 Å². The summed E-state index contributed by atoms with van der Waals surface area (Å²) in [6.45, 7) is 0. The highest BCUT2D eigenvalue weighted by Crippen LogP contribution is 2.53. The van der Waals surface area contributed by atoms with Gasteiger partial charge in [-0.3, -0.25) is 4.79 Å². The maximum atomic E-state index is 11.5. The van der Waals surface area contributed by atoms with Crippen molar-refractivity contribution in [2.45, 2.75) is 31.1 Å². The van der Waals surface area contributed by atoms with E-state index >= 15 is 0 Å². The normalized spacial score (nSPS) is 20.8. The lowest BCUT2D eigenvalue weighted by atomic mass is 9.70. The molecule has 94 valence electrons. The van der Waals surface area contributed by atoms with Crippen molar-refractivity contribution in [2.75, 3.05) is 7.11 Å². The van der Waals surface area contributed by atoms with Crippen molar-refractivity contribution in [3.63, 3.8) is 0 Å². The van der Waals surface area contributed by atoms with Crippen molar-refractivity contribution in [2.24, 2.45) is 0 Å². The van der Waals surface area contributed by atoms with E-state index in [4.69, 9.17) is 4.74 Å². The minimum absolute atomic E-state index is 0.0372. The molecule has 1 saturated carbocycles. The summed E-state index contributed by atoms with van der Waals surface area (Å²) in [5, 5.41) is 0. The first-order valence-corrected chi connectivity index (χ1v) is 7.03. The third-order valence-electron chi connectivity index (χ3n) is 4.17. The van der Waals surface area contributed by atoms with E-state index < -0.39 is 0 Å². The second kappa shape index (κ2) is 4.23. The number of rotatable bonds is 1. The number of carbonyl (C=O) groups excluding carboxylic acids is 1. The minimum Gasteiger partial charge on any atom is -0.497 e. The number of hydrogen-bond acceptors (Lipinski definition) is 2.